The number of carbonyl (C=O) groups excluding carboxylic acids is 2. The molecule has 2 aromatic carbocycles. The van der Waals surface area contributed by atoms with E-state index in [4.69, 9.17) is 0 Å². The summed E-state index contributed by atoms with van der Waals surface area (Å²) in [5, 5.41) is 5.28. The molecule has 1 fully saturated rings. The number of urea groups is 1. The topological polar surface area (TPSA) is 61.4 Å². The molecule has 1 heterocycles. The molecule has 0 radical (unpaired) electrons. The van der Waals surface area contributed by atoms with E-state index in [1.54, 1.807) is 6.07 Å². The summed E-state index contributed by atoms with van der Waals surface area (Å²) in [6, 6.07) is 9.91. The Balaban J connectivity index is 1.65. The number of nitrogens with zero attached hydrogens (tertiary/aromatic N) is 1. The highest BCUT2D eigenvalue weighted by atomic mass is 19.1. The van der Waals surface area contributed by atoms with E-state index in [9.17, 15) is 18.4 Å². The molecule has 3 rings (SSSR count). The van der Waals surface area contributed by atoms with Gasteiger partial charge in [-0.2, -0.15) is 0 Å². The lowest BCUT2D eigenvalue weighted by Crippen LogP contribution is -2.45. The number of rotatable bonds is 3. The number of halogens is 2. The molecular weight excluding hydrogens is 328 g/mol. The van der Waals surface area contributed by atoms with Crippen LogP contribution in [0.4, 0.5) is 25.0 Å². The van der Waals surface area contributed by atoms with Crippen LogP contribution in [-0.2, 0) is 4.79 Å². The highest BCUT2D eigenvalue weighted by Crippen LogP contribution is 2.21. The lowest BCUT2D eigenvalue weighted by molar-refractivity contribution is -0.119. The van der Waals surface area contributed by atoms with Crippen LogP contribution in [0.3, 0.4) is 0 Å². The molecule has 5 nitrogen and oxygen atoms in total. The molecule has 0 bridgehead atoms. The maximum absolute atomic E-state index is 13.2. The van der Waals surface area contributed by atoms with E-state index in [2.05, 4.69) is 10.6 Å². The van der Waals surface area contributed by atoms with Gasteiger partial charge in [-0.3, -0.25) is 4.79 Å². The van der Waals surface area contributed by atoms with Crippen LogP contribution in [0.15, 0.2) is 48.5 Å². The van der Waals surface area contributed by atoms with E-state index in [0.717, 1.165) is 0 Å². The van der Waals surface area contributed by atoms with Crippen LogP contribution < -0.4 is 10.6 Å². The van der Waals surface area contributed by atoms with Crippen molar-refractivity contribution in [2.45, 2.75) is 18.9 Å². The summed E-state index contributed by atoms with van der Waals surface area (Å²) in [5.41, 5.74) is 0.790. The summed E-state index contributed by atoms with van der Waals surface area (Å²) in [6.45, 7) is 0.439. The molecule has 1 saturated heterocycles. The maximum atomic E-state index is 13.2. The largest absolute Gasteiger partial charge is 0.324 e. The molecule has 0 saturated carbocycles. The molecule has 1 aliphatic rings. The molecule has 2 N–H and O–H groups in total. The van der Waals surface area contributed by atoms with Gasteiger partial charge >= 0.3 is 6.03 Å². The van der Waals surface area contributed by atoms with Gasteiger partial charge in [0.2, 0.25) is 5.91 Å². The van der Waals surface area contributed by atoms with E-state index >= 15 is 0 Å². The number of carbonyl (C=O) groups is 2. The van der Waals surface area contributed by atoms with Gasteiger partial charge in [0.1, 0.15) is 17.7 Å². The molecule has 2 aromatic rings. The van der Waals surface area contributed by atoms with Gasteiger partial charge in [-0.25, -0.2) is 13.6 Å². The minimum absolute atomic E-state index is 0.343. The summed E-state index contributed by atoms with van der Waals surface area (Å²) < 4.78 is 26.1. The van der Waals surface area contributed by atoms with Gasteiger partial charge in [-0.1, -0.05) is 6.07 Å². The highest BCUT2D eigenvalue weighted by Gasteiger charge is 2.34. The van der Waals surface area contributed by atoms with Crippen LogP contribution in [0.5, 0.6) is 0 Å². The number of hydrogen-bond donors (Lipinski definition) is 2. The van der Waals surface area contributed by atoms with Crippen molar-refractivity contribution < 1.29 is 18.4 Å². The molecule has 0 unspecified atom stereocenters. The molecular formula is C18H17F2N3O2. The van der Waals surface area contributed by atoms with E-state index in [1.807, 2.05) is 0 Å². The Morgan fingerprint density at radius 1 is 0.960 bits per heavy atom. The third-order valence-electron chi connectivity index (χ3n) is 4.00. The first-order valence-electron chi connectivity index (χ1n) is 7.92. The van der Waals surface area contributed by atoms with Crippen molar-refractivity contribution >= 4 is 23.3 Å². The molecule has 1 atom stereocenters. The summed E-state index contributed by atoms with van der Waals surface area (Å²) in [7, 11) is 0. The van der Waals surface area contributed by atoms with Crippen LogP contribution >= 0.6 is 0 Å². The molecule has 0 spiro atoms. The average molecular weight is 345 g/mol. The predicted octanol–water partition coefficient (Wildman–Crippen LogP) is 3.60. The van der Waals surface area contributed by atoms with Crippen molar-refractivity contribution in [3.8, 4) is 0 Å². The summed E-state index contributed by atoms with van der Waals surface area (Å²) >= 11 is 0. The van der Waals surface area contributed by atoms with Gasteiger partial charge in [0, 0.05) is 17.9 Å². The van der Waals surface area contributed by atoms with Crippen LogP contribution in [0, 0.1) is 11.6 Å². The van der Waals surface area contributed by atoms with Crippen LogP contribution in [0.2, 0.25) is 0 Å². The summed E-state index contributed by atoms with van der Waals surface area (Å²) in [6.07, 6.45) is 1.22. The third-order valence-corrected chi connectivity index (χ3v) is 4.00. The maximum Gasteiger partial charge on any atom is 0.322 e. The van der Waals surface area contributed by atoms with Gasteiger partial charge in [-0.15, -0.1) is 0 Å². The number of likely N-dealkylation sites (tertiary alicyclic amines) is 1. The van der Waals surface area contributed by atoms with E-state index < -0.39 is 23.7 Å². The SMILES string of the molecule is O=C(Nc1cccc(F)c1)[C@@H]1CCCN1C(=O)Nc1ccc(F)cc1. The zero-order valence-electron chi connectivity index (χ0n) is 13.3. The first kappa shape index (κ1) is 16.9. The molecule has 0 aromatic heterocycles. The Morgan fingerprint density at radius 3 is 2.44 bits per heavy atom. The number of amides is 3. The molecule has 7 heteroatoms. The van der Waals surface area contributed by atoms with Gasteiger partial charge in [0.25, 0.3) is 0 Å². The third kappa shape index (κ3) is 4.12. The van der Waals surface area contributed by atoms with Crippen LogP contribution in [-0.4, -0.2) is 29.4 Å². The fourth-order valence-electron chi connectivity index (χ4n) is 2.80. The Hall–Kier alpha value is -2.96. The van der Waals surface area contributed by atoms with Crippen LogP contribution in [0.1, 0.15) is 12.8 Å². The second-order valence-electron chi connectivity index (χ2n) is 5.79. The smallest absolute Gasteiger partial charge is 0.322 e. The predicted molar refractivity (Wildman–Crippen MR) is 90.2 cm³/mol. The van der Waals surface area contributed by atoms with Gasteiger partial charge in [0.05, 0.1) is 0 Å². The average Bonchev–Trinajstić information content (AvgIpc) is 3.07. The van der Waals surface area contributed by atoms with Crippen molar-refractivity contribution in [1.29, 1.82) is 0 Å². The van der Waals surface area contributed by atoms with Gasteiger partial charge in [-0.05, 0) is 55.3 Å². The quantitative estimate of drug-likeness (QED) is 0.893. The van der Waals surface area contributed by atoms with Crippen molar-refractivity contribution in [1.82, 2.24) is 4.90 Å². The molecule has 25 heavy (non-hydrogen) atoms. The number of anilines is 2. The monoisotopic (exact) mass is 345 g/mol. The highest BCUT2D eigenvalue weighted by molar-refractivity contribution is 5.99. The van der Waals surface area contributed by atoms with E-state index in [0.29, 0.717) is 30.8 Å². The summed E-state index contributed by atoms with van der Waals surface area (Å²) in [5.74, 6) is -1.21. The Morgan fingerprint density at radius 2 is 1.72 bits per heavy atom. The van der Waals surface area contributed by atoms with E-state index in [-0.39, 0.29) is 5.91 Å². The second-order valence-corrected chi connectivity index (χ2v) is 5.79. The molecule has 3 amide bonds. The minimum atomic E-state index is -0.635. The first-order valence-corrected chi connectivity index (χ1v) is 7.92. The molecule has 1 aliphatic heterocycles. The molecule has 0 aliphatic carbocycles. The number of benzene rings is 2. The fourth-order valence-corrected chi connectivity index (χ4v) is 2.80. The number of hydrogen-bond acceptors (Lipinski definition) is 2. The lowest BCUT2D eigenvalue weighted by atomic mass is 10.2. The minimum Gasteiger partial charge on any atom is -0.324 e. The summed E-state index contributed by atoms with van der Waals surface area (Å²) in [4.78, 5) is 26.3. The Bertz CT molecular complexity index is 780. The zero-order chi connectivity index (χ0) is 17.8. The van der Waals surface area contributed by atoms with Gasteiger partial charge in [0.15, 0.2) is 0 Å². The van der Waals surface area contributed by atoms with Gasteiger partial charge < -0.3 is 15.5 Å². The molecule has 130 valence electrons. The normalized spacial score (nSPS) is 16.6. The lowest BCUT2D eigenvalue weighted by Gasteiger charge is -2.24. The Kier molecular flexibility index (Phi) is 4.92. The number of nitrogens with one attached hydrogen (secondary N) is 2. The van der Waals surface area contributed by atoms with Crippen molar-refractivity contribution in [2.24, 2.45) is 0 Å². The van der Waals surface area contributed by atoms with E-state index in [1.165, 1.54) is 47.4 Å². The van der Waals surface area contributed by atoms with Crippen LogP contribution in [0.25, 0.3) is 0 Å². The zero-order valence-corrected chi connectivity index (χ0v) is 13.3. The van der Waals surface area contributed by atoms with Crippen molar-refractivity contribution in [3.05, 3.63) is 60.2 Å². The first-order chi connectivity index (χ1) is 12.0. The Labute approximate surface area is 143 Å². The van der Waals surface area contributed by atoms with Crippen molar-refractivity contribution in [2.75, 3.05) is 17.2 Å². The van der Waals surface area contributed by atoms with Crippen molar-refractivity contribution in [3.63, 3.8) is 0 Å². The second kappa shape index (κ2) is 7.29. The standard InChI is InChI=1S/C18H17F2N3O2/c19-12-6-8-14(9-7-12)22-18(25)23-10-2-5-16(23)17(24)21-15-4-1-3-13(20)11-15/h1,3-4,6-9,11,16H,2,5,10H2,(H,21,24)(H,22,25)/t16-/m0/s1. The fraction of sp³-hybridized carbons (Fsp3) is 0.222.